The van der Waals surface area contributed by atoms with Gasteiger partial charge in [0.15, 0.2) is 0 Å². The van der Waals surface area contributed by atoms with Crippen molar-refractivity contribution in [1.82, 2.24) is 0 Å². The summed E-state index contributed by atoms with van der Waals surface area (Å²) in [6.07, 6.45) is 1.86. The van der Waals surface area contributed by atoms with E-state index in [1.165, 1.54) is 29.6 Å². The summed E-state index contributed by atoms with van der Waals surface area (Å²) in [6, 6.07) is 21.7. The first-order chi connectivity index (χ1) is 13.1. The fourth-order valence-corrected chi connectivity index (χ4v) is 3.81. The van der Waals surface area contributed by atoms with Gasteiger partial charge in [-0.05, 0) is 42.7 Å². The highest BCUT2D eigenvalue weighted by atomic mass is 32.2. The molecule has 0 unspecified atom stereocenters. The van der Waals surface area contributed by atoms with Crippen LogP contribution in [0.2, 0.25) is 0 Å². The van der Waals surface area contributed by atoms with Crippen LogP contribution in [0.1, 0.15) is 10.4 Å². The number of nitro benzene ring substituents is 1. The summed E-state index contributed by atoms with van der Waals surface area (Å²) in [5.41, 5.74) is 0.449. The van der Waals surface area contributed by atoms with Gasteiger partial charge in [0.2, 0.25) is 0 Å². The number of nitro groups is 1. The number of hydrogen-bond acceptors (Lipinski definition) is 5. The van der Waals surface area contributed by atoms with Crippen LogP contribution in [0.5, 0.6) is 0 Å². The summed E-state index contributed by atoms with van der Waals surface area (Å²) in [5, 5.41) is 14.1. The van der Waals surface area contributed by atoms with Crippen molar-refractivity contribution in [2.75, 3.05) is 11.6 Å². The van der Waals surface area contributed by atoms with Gasteiger partial charge in [0.05, 0.1) is 10.6 Å². The quantitative estimate of drug-likeness (QED) is 0.328. The van der Waals surface area contributed by atoms with Gasteiger partial charge in [-0.3, -0.25) is 14.9 Å². The van der Waals surface area contributed by atoms with Gasteiger partial charge >= 0.3 is 0 Å². The predicted octanol–water partition coefficient (Wildman–Crippen LogP) is 5.72. The van der Waals surface area contributed by atoms with Gasteiger partial charge in [-0.15, -0.1) is 11.8 Å². The molecule has 0 aromatic heterocycles. The minimum Gasteiger partial charge on any atom is -0.321 e. The van der Waals surface area contributed by atoms with E-state index in [1.807, 2.05) is 54.8 Å². The van der Waals surface area contributed by atoms with E-state index >= 15 is 0 Å². The Balaban J connectivity index is 1.90. The van der Waals surface area contributed by atoms with Crippen molar-refractivity contribution < 1.29 is 9.72 Å². The summed E-state index contributed by atoms with van der Waals surface area (Å²) in [5.74, 6) is -0.501. The Bertz CT molecular complexity index is 978. The van der Waals surface area contributed by atoms with E-state index in [4.69, 9.17) is 0 Å². The number of rotatable bonds is 6. The van der Waals surface area contributed by atoms with Crippen LogP contribution in [0.15, 0.2) is 87.5 Å². The molecule has 3 aromatic carbocycles. The van der Waals surface area contributed by atoms with Gasteiger partial charge in [-0.25, -0.2) is 0 Å². The zero-order valence-corrected chi connectivity index (χ0v) is 16.0. The molecule has 7 heteroatoms. The predicted molar refractivity (Wildman–Crippen MR) is 110 cm³/mol. The Morgan fingerprint density at radius 2 is 1.67 bits per heavy atom. The molecule has 136 valence electrons. The highest BCUT2D eigenvalue weighted by Gasteiger charge is 2.21. The molecule has 0 fully saturated rings. The van der Waals surface area contributed by atoms with Crippen LogP contribution < -0.4 is 5.32 Å². The van der Waals surface area contributed by atoms with Crippen molar-refractivity contribution in [1.29, 1.82) is 0 Å². The largest absolute Gasteiger partial charge is 0.321 e. The Hall–Kier alpha value is -2.77. The Morgan fingerprint density at radius 3 is 2.37 bits per heavy atom. The van der Waals surface area contributed by atoms with E-state index in [0.717, 1.165) is 14.7 Å². The Kier molecular flexibility index (Phi) is 6.16. The number of carbonyl (C=O) groups is 1. The molecule has 3 rings (SSSR count). The third kappa shape index (κ3) is 4.69. The Labute approximate surface area is 165 Å². The van der Waals surface area contributed by atoms with Crippen molar-refractivity contribution in [3.63, 3.8) is 0 Å². The second-order valence-corrected chi connectivity index (χ2v) is 7.50. The normalized spacial score (nSPS) is 10.4. The molecule has 0 spiro atoms. The minimum absolute atomic E-state index is 0.0476. The molecule has 0 heterocycles. The van der Waals surface area contributed by atoms with Gasteiger partial charge in [0, 0.05) is 20.8 Å². The lowest BCUT2D eigenvalue weighted by molar-refractivity contribution is -0.385. The average molecular weight is 396 g/mol. The van der Waals surface area contributed by atoms with Gasteiger partial charge in [-0.2, -0.15) is 0 Å². The zero-order chi connectivity index (χ0) is 19.2. The molecule has 5 nitrogen and oxygen atoms in total. The summed E-state index contributed by atoms with van der Waals surface area (Å²) >= 11 is 2.94. The number of hydrogen-bond donors (Lipinski definition) is 1. The standard InChI is InChI=1S/C20H16N2O3S2/c1-26-15-11-12-18(22(24)25)16(13-15)20(23)21-17-9-5-6-10-19(17)27-14-7-3-2-4-8-14/h2-13H,1H3,(H,21,23). The van der Waals surface area contributed by atoms with Crippen molar-refractivity contribution in [2.24, 2.45) is 0 Å². The van der Waals surface area contributed by atoms with Gasteiger partial charge in [0.1, 0.15) is 5.56 Å². The molecule has 0 radical (unpaired) electrons. The van der Waals surface area contributed by atoms with Crippen LogP contribution in [0.25, 0.3) is 0 Å². The van der Waals surface area contributed by atoms with E-state index < -0.39 is 10.8 Å². The van der Waals surface area contributed by atoms with E-state index in [9.17, 15) is 14.9 Å². The van der Waals surface area contributed by atoms with Gasteiger partial charge < -0.3 is 5.32 Å². The number of carbonyl (C=O) groups excluding carboxylic acids is 1. The summed E-state index contributed by atoms with van der Waals surface area (Å²) in [7, 11) is 0. The third-order valence-electron chi connectivity index (χ3n) is 3.75. The van der Waals surface area contributed by atoms with E-state index in [1.54, 1.807) is 18.2 Å². The average Bonchev–Trinajstić information content (AvgIpc) is 2.69. The highest BCUT2D eigenvalue weighted by Crippen LogP contribution is 2.34. The monoisotopic (exact) mass is 396 g/mol. The summed E-state index contributed by atoms with van der Waals surface area (Å²) < 4.78 is 0. The molecule has 27 heavy (non-hydrogen) atoms. The Morgan fingerprint density at radius 1 is 0.963 bits per heavy atom. The summed E-state index contributed by atoms with van der Waals surface area (Å²) in [6.45, 7) is 0. The molecule has 0 aliphatic carbocycles. The number of thioether (sulfide) groups is 1. The van der Waals surface area contributed by atoms with E-state index in [0.29, 0.717) is 5.69 Å². The van der Waals surface area contributed by atoms with Crippen LogP contribution >= 0.6 is 23.5 Å². The SMILES string of the molecule is CSc1ccc([N+](=O)[O-])c(C(=O)Nc2ccccc2Sc2ccccc2)c1. The smallest absolute Gasteiger partial charge is 0.282 e. The van der Waals surface area contributed by atoms with Crippen LogP contribution in [0.3, 0.4) is 0 Å². The van der Waals surface area contributed by atoms with Crippen LogP contribution in [-0.4, -0.2) is 17.1 Å². The maximum absolute atomic E-state index is 12.8. The molecule has 1 N–H and O–H groups in total. The maximum Gasteiger partial charge on any atom is 0.282 e. The minimum atomic E-state index is -0.538. The number of para-hydroxylation sites is 1. The van der Waals surface area contributed by atoms with Gasteiger partial charge in [0.25, 0.3) is 11.6 Å². The molecule has 1 amide bonds. The van der Waals surface area contributed by atoms with Crippen molar-refractivity contribution in [3.8, 4) is 0 Å². The molecule has 0 aliphatic heterocycles. The van der Waals surface area contributed by atoms with Crippen LogP contribution in [-0.2, 0) is 0 Å². The van der Waals surface area contributed by atoms with Crippen molar-refractivity contribution in [2.45, 2.75) is 14.7 Å². The molecule has 0 saturated heterocycles. The van der Waals surface area contributed by atoms with Crippen molar-refractivity contribution >= 4 is 40.8 Å². The lowest BCUT2D eigenvalue weighted by Gasteiger charge is -2.11. The molecular weight excluding hydrogens is 380 g/mol. The van der Waals surface area contributed by atoms with Crippen LogP contribution in [0.4, 0.5) is 11.4 Å². The topological polar surface area (TPSA) is 72.2 Å². The lowest BCUT2D eigenvalue weighted by atomic mass is 10.1. The molecule has 0 atom stereocenters. The number of benzene rings is 3. The van der Waals surface area contributed by atoms with Gasteiger partial charge in [-0.1, -0.05) is 42.1 Å². The third-order valence-corrected chi connectivity index (χ3v) is 5.56. The molecule has 0 saturated carbocycles. The van der Waals surface area contributed by atoms with Crippen molar-refractivity contribution in [3.05, 3.63) is 88.5 Å². The van der Waals surface area contributed by atoms with E-state index in [2.05, 4.69) is 5.32 Å². The molecule has 3 aromatic rings. The number of anilines is 1. The molecular formula is C20H16N2O3S2. The number of nitrogens with one attached hydrogen (secondary N) is 1. The lowest BCUT2D eigenvalue weighted by Crippen LogP contribution is -2.14. The van der Waals surface area contributed by atoms with E-state index in [-0.39, 0.29) is 11.3 Å². The summed E-state index contributed by atoms with van der Waals surface area (Å²) in [4.78, 5) is 26.2. The number of amides is 1. The second-order valence-electron chi connectivity index (χ2n) is 5.51. The first kappa shape index (κ1) is 19.0. The first-order valence-electron chi connectivity index (χ1n) is 8.04. The fraction of sp³-hybridized carbons (Fsp3) is 0.0500. The number of nitrogens with zero attached hydrogens (tertiary/aromatic N) is 1. The highest BCUT2D eigenvalue weighted by molar-refractivity contribution is 7.99. The second kappa shape index (κ2) is 8.75. The molecule has 0 bridgehead atoms. The zero-order valence-electron chi connectivity index (χ0n) is 14.4. The van der Waals surface area contributed by atoms with Crippen LogP contribution in [0, 0.1) is 10.1 Å². The molecule has 0 aliphatic rings. The first-order valence-corrected chi connectivity index (χ1v) is 10.1. The fourth-order valence-electron chi connectivity index (χ4n) is 2.45. The maximum atomic E-state index is 12.8.